The van der Waals surface area contributed by atoms with Crippen molar-refractivity contribution in [3.8, 4) is 11.1 Å². The smallest absolute Gasteiger partial charge is 0.189 e. The molecule has 1 aromatic carbocycles. The molecular weight excluding hydrogens is 436 g/mol. The molecule has 1 fully saturated rings. The van der Waals surface area contributed by atoms with E-state index in [9.17, 15) is 4.79 Å². The first-order valence-electron chi connectivity index (χ1n) is 10.7. The number of fused-ring (bicyclic) bond motifs is 1. The molecule has 168 valence electrons. The lowest BCUT2D eigenvalue weighted by atomic mass is 10.1. The number of rotatable bonds is 7. The molecule has 0 aliphatic carbocycles. The summed E-state index contributed by atoms with van der Waals surface area (Å²) in [5.41, 5.74) is 4.32. The van der Waals surface area contributed by atoms with Crippen molar-refractivity contribution in [2.24, 2.45) is 0 Å². The number of methoxy groups -OCH3 is 1. The summed E-state index contributed by atoms with van der Waals surface area (Å²) >= 11 is 1.61. The number of pyridine rings is 2. The number of nitrogens with one attached hydrogen (secondary N) is 1. The summed E-state index contributed by atoms with van der Waals surface area (Å²) in [4.78, 5) is 28.8. The summed E-state index contributed by atoms with van der Waals surface area (Å²) in [6, 6.07) is 14.3. The van der Waals surface area contributed by atoms with Gasteiger partial charge >= 0.3 is 0 Å². The normalized spacial score (nSPS) is 15.5. The second-order valence-electron chi connectivity index (χ2n) is 7.75. The van der Waals surface area contributed by atoms with Crippen LogP contribution in [0.5, 0.6) is 0 Å². The highest BCUT2D eigenvalue weighted by molar-refractivity contribution is 7.22. The molecule has 33 heavy (non-hydrogen) atoms. The minimum Gasteiger partial charge on any atom is -0.369 e. The number of nitrogens with zero attached hydrogens (tertiary/aromatic N) is 5. The van der Waals surface area contributed by atoms with Crippen LogP contribution in [0.25, 0.3) is 21.3 Å². The van der Waals surface area contributed by atoms with Crippen LogP contribution in [0.3, 0.4) is 0 Å². The molecule has 4 aromatic rings. The maximum absolute atomic E-state index is 11.2. The van der Waals surface area contributed by atoms with Crippen LogP contribution >= 0.6 is 11.3 Å². The summed E-state index contributed by atoms with van der Waals surface area (Å²) in [6.45, 7) is 3.16. The molecular formula is C24H24N6O2S. The zero-order valence-electron chi connectivity index (χ0n) is 18.2. The van der Waals surface area contributed by atoms with E-state index in [-0.39, 0.29) is 0 Å². The van der Waals surface area contributed by atoms with Crippen molar-refractivity contribution in [3.63, 3.8) is 0 Å². The molecule has 3 aromatic heterocycles. The van der Waals surface area contributed by atoms with Gasteiger partial charge in [0.05, 0.1) is 10.2 Å². The van der Waals surface area contributed by atoms with Crippen LogP contribution in [-0.4, -0.2) is 65.7 Å². The average Bonchev–Trinajstić information content (AvgIpc) is 3.27. The predicted molar refractivity (Wildman–Crippen MR) is 131 cm³/mol. The number of ether oxygens (including phenoxy) is 1. The fourth-order valence-electron chi connectivity index (χ4n) is 4.02. The third-order valence-corrected chi connectivity index (χ3v) is 6.71. The Morgan fingerprint density at radius 2 is 1.85 bits per heavy atom. The molecule has 5 rings (SSSR count). The zero-order valence-corrected chi connectivity index (χ0v) is 19.0. The van der Waals surface area contributed by atoms with E-state index in [4.69, 9.17) is 9.72 Å². The van der Waals surface area contributed by atoms with Gasteiger partial charge in [0.2, 0.25) is 0 Å². The van der Waals surface area contributed by atoms with Gasteiger partial charge in [-0.3, -0.25) is 14.7 Å². The number of hydrogen-bond acceptors (Lipinski definition) is 9. The van der Waals surface area contributed by atoms with Gasteiger partial charge in [-0.2, -0.15) is 0 Å². The predicted octanol–water partition coefficient (Wildman–Crippen LogP) is 3.79. The van der Waals surface area contributed by atoms with Gasteiger partial charge in [-0.1, -0.05) is 17.4 Å². The fourth-order valence-corrected chi connectivity index (χ4v) is 4.93. The number of aromatic nitrogens is 3. The van der Waals surface area contributed by atoms with Crippen molar-refractivity contribution < 1.29 is 9.53 Å². The first kappa shape index (κ1) is 21.4. The number of aldehydes is 1. The molecule has 1 atom stereocenters. The molecule has 0 radical (unpaired) electrons. The number of thiazole rings is 1. The van der Waals surface area contributed by atoms with Gasteiger partial charge in [0.15, 0.2) is 17.6 Å². The molecule has 1 saturated heterocycles. The lowest BCUT2D eigenvalue weighted by Gasteiger charge is -2.37. The van der Waals surface area contributed by atoms with Gasteiger partial charge in [0, 0.05) is 63.6 Å². The van der Waals surface area contributed by atoms with E-state index in [2.05, 4.69) is 32.3 Å². The number of carbonyl (C=O) groups excluding carboxylic acids is 1. The molecule has 8 nitrogen and oxygen atoms in total. The van der Waals surface area contributed by atoms with E-state index < -0.39 is 6.23 Å². The molecule has 1 unspecified atom stereocenters. The fraction of sp³-hybridized carbons (Fsp3) is 0.250. The van der Waals surface area contributed by atoms with Crippen molar-refractivity contribution in [2.45, 2.75) is 6.23 Å². The van der Waals surface area contributed by atoms with Crippen molar-refractivity contribution in [2.75, 3.05) is 43.5 Å². The van der Waals surface area contributed by atoms with Gasteiger partial charge in [0.25, 0.3) is 0 Å². The Bertz CT molecular complexity index is 1240. The van der Waals surface area contributed by atoms with Gasteiger partial charge < -0.3 is 15.0 Å². The Balaban J connectivity index is 1.29. The number of benzene rings is 1. The average molecular weight is 461 g/mol. The van der Waals surface area contributed by atoms with Crippen LogP contribution in [0.2, 0.25) is 0 Å². The van der Waals surface area contributed by atoms with E-state index in [1.165, 1.54) is 0 Å². The van der Waals surface area contributed by atoms with Crippen LogP contribution in [0.1, 0.15) is 0 Å². The first-order valence-corrected chi connectivity index (χ1v) is 11.6. The number of piperazine rings is 1. The van der Waals surface area contributed by atoms with E-state index in [1.807, 2.05) is 41.4 Å². The van der Waals surface area contributed by atoms with Crippen LogP contribution in [0, 0.1) is 0 Å². The Labute approximate surface area is 195 Å². The monoisotopic (exact) mass is 460 g/mol. The molecule has 1 aliphatic rings. The second-order valence-corrected chi connectivity index (χ2v) is 8.78. The van der Waals surface area contributed by atoms with Crippen LogP contribution in [0.4, 0.5) is 16.6 Å². The van der Waals surface area contributed by atoms with Crippen LogP contribution in [0.15, 0.2) is 61.1 Å². The van der Waals surface area contributed by atoms with Crippen LogP contribution in [-0.2, 0) is 9.53 Å². The maximum Gasteiger partial charge on any atom is 0.189 e. The van der Waals surface area contributed by atoms with E-state index in [1.54, 1.807) is 30.8 Å². The maximum atomic E-state index is 11.2. The number of anilines is 3. The molecule has 9 heteroatoms. The minimum absolute atomic E-state index is 0.472. The van der Waals surface area contributed by atoms with E-state index in [0.29, 0.717) is 0 Å². The lowest BCUT2D eigenvalue weighted by molar-refractivity contribution is -0.127. The molecule has 0 saturated carbocycles. The summed E-state index contributed by atoms with van der Waals surface area (Å²) in [7, 11) is 1.56. The Morgan fingerprint density at radius 3 is 2.61 bits per heavy atom. The highest BCUT2D eigenvalue weighted by Gasteiger charge is 2.23. The summed E-state index contributed by atoms with van der Waals surface area (Å²) in [5, 5.41) is 4.17. The van der Waals surface area contributed by atoms with Crippen LogP contribution < -0.4 is 10.2 Å². The molecule has 1 aliphatic heterocycles. The summed E-state index contributed by atoms with van der Waals surface area (Å²) < 4.78 is 6.35. The molecule has 1 N–H and O–H groups in total. The standard InChI is InChI=1S/C24H24N6O2S/c1-32-23(16-31)30-12-10-29(11-13-30)19-6-9-26-22(15-19)28-24-27-20-3-2-18(14-21(20)33-24)17-4-7-25-8-5-17/h2-9,14-16,23H,10-13H2,1H3,(H,26,27,28). The lowest BCUT2D eigenvalue weighted by Crippen LogP contribution is -2.51. The largest absolute Gasteiger partial charge is 0.369 e. The van der Waals surface area contributed by atoms with E-state index >= 15 is 0 Å². The third kappa shape index (κ3) is 4.70. The number of carbonyl (C=O) groups is 1. The minimum atomic E-state index is -0.472. The van der Waals surface area contributed by atoms with Crippen molar-refractivity contribution in [1.82, 2.24) is 19.9 Å². The first-order chi connectivity index (χ1) is 16.2. The molecule has 0 spiro atoms. The van der Waals surface area contributed by atoms with Gasteiger partial charge in [-0.05, 0) is 41.5 Å². The van der Waals surface area contributed by atoms with Crippen molar-refractivity contribution in [3.05, 3.63) is 61.1 Å². The topological polar surface area (TPSA) is 83.5 Å². The third-order valence-electron chi connectivity index (χ3n) is 5.78. The highest BCUT2D eigenvalue weighted by atomic mass is 32.1. The Hall–Kier alpha value is -3.40. The SMILES string of the molecule is COC(C=O)N1CCN(c2ccnc(Nc3nc4ccc(-c5ccncc5)cc4s3)c2)CC1. The molecule has 4 heterocycles. The quantitative estimate of drug-likeness (QED) is 0.417. The highest BCUT2D eigenvalue weighted by Crippen LogP contribution is 2.32. The zero-order chi connectivity index (χ0) is 22.6. The van der Waals surface area contributed by atoms with Crippen molar-refractivity contribution >= 4 is 44.5 Å². The van der Waals surface area contributed by atoms with Crippen molar-refractivity contribution in [1.29, 1.82) is 0 Å². The summed E-state index contributed by atoms with van der Waals surface area (Å²) in [6.07, 6.45) is 5.79. The van der Waals surface area contributed by atoms with Gasteiger partial charge in [-0.15, -0.1) is 0 Å². The van der Waals surface area contributed by atoms with Gasteiger partial charge in [0.1, 0.15) is 5.82 Å². The second kappa shape index (κ2) is 9.62. The number of hydrogen-bond donors (Lipinski definition) is 1. The Kier molecular flexibility index (Phi) is 6.25. The molecule has 0 bridgehead atoms. The molecule has 0 amide bonds. The summed E-state index contributed by atoms with van der Waals surface area (Å²) in [5.74, 6) is 0.756. The van der Waals surface area contributed by atoms with E-state index in [0.717, 1.165) is 70.4 Å². The van der Waals surface area contributed by atoms with Gasteiger partial charge in [-0.25, -0.2) is 9.97 Å². The Morgan fingerprint density at radius 1 is 1.03 bits per heavy atom.